The molecule has 2 amide bonds. The Morgan fingerprint density at radius 1 is 1.39 bits per heavy atom. The van der Waals surface area contributed by atoms with E-state index in [4.69, 9.17) is 0 Å². The Balaban J connectivity index is 2.07. The van der Waals surface area contributed by atoms with Crippen molar-refractivity contribution in [3.05, 3.63) is 47.8 Å². The first-order valence-electron chi connectivity index (χ1n) is 7.35. The topological polar surface area (TPSA) is 64.3 Å². The number of benzene rings is 1. The molecule has 0 radical (unpaired) electrons. The number of carbonyl (C=O) groups is 1. The molecule has 2 N–H and O–H groups in total. The monoisotopic (exact) mass is 319 g/mol. The molecule has 0 aliphatic carbocycles. The van der Waals surface area contributed by atoms with Crippen LogP contribution in [0.3, 0.4) is 0 Å². The number of H-pyrrole nitrogens is 1. The first-order chi connectivity index (χ1) is 10.9. The van der Waals surface area contributed by atoms with Gasteiger partial charge in [-0.2, -0.15) is 0 Å². The minimum Gasteiger partial charge on any atom is -0.377 e. The van der Waals surface area contributed by atoms with Gasteiger partial charge in [-0.15, -0.1) is 0 Å². The predicted molar refractivity (Wildman–Crippen MR) is 87.7 cm³/mol. The third kappa shape index (κ3) is 4.21. The summed E-state index contributed by atoms with van der Waals surface area (Å²) in [5.41, 5.74) is 1.60. The number of rotatable bonds is 5. The number of hydrogen-bond donors (Lipinski definition) is 2. The van der Waals surface area contributed by atoms with E-state index in [-0.39, 0.29) is 17.9 Å². The van der Waals surface area contributed by atoms with Crippen LogP contribution in [0, 0.1) is 5.82 Å². The number of amides is 2. The molecule has 0 spiro atoms. The number of imidazole rings is 1. The van der Waals surface area contributed by atoms with Crippen LogP contribution in [0.2, 0.25) is 0 Å². The highest BCUT2D eigenvalue weighted by molar-refractivity contribution is 5.74. The largest absolute Gasteiger partial charge is 0.377 e. The van der Waals surface area contributed by atoms with Gasteiger partial charge < -0.3 is 20.1 Å². The SMILES string of the molecule is CC(NC(=O)N(C)Cc1ncc[nH]1)c1cc(F)ccc1N(C)C. The summed E-state index contributed by atoms with van der Waals surface area (Å²) in [4.78, 5) is 22.7. The minimum absolute atomic E-state index is 0.247. The van der Waals surface area contributed by atoms with Crippen LogP contribution >= 0.6 is 0 Å². The standard InChI is InChI=1S/C16H22FN5O/c1-11(13-9-12(17)5-6-14(13)21(2)3)20-16(23)22(4)10-15-18-7-8-19-15/h5-9,11H,10H2,1-4H3,(H,18,19)(H,20,23). The number of carbonyl (C=O) groups excluding carboxylic acids is 1. The van der Waals surface area contributed by atoms with Gasteiger partial charge in [0.15, 0.2) is 0 Å². The summed E-state index contributed by atoms with van der Waals surface area (Å²) in [5.74, 6) is 0.380. The van der Waals surface area contributed by atoms with Crippen LogP contribution in [0.4, 0.5) is 14.9 Å². The van der Waals surface area contributed by atoms with E-state index in [0.29, 0.717) is 12.4 Å². The van der Waals surface area contributed by atoms with Gasteiger partial charge in [0.05, 0.1) is 12.6 Å². The summed E-state index contributed by atoms with van der Waals surface area (Å²) in [6, 6.07) is 4.00. The molecule has 0 saturated heterocycles. The third-order valence-corrected chi connectivity index (χ3v) is 3.57. The molecule has 1 atom stereocenters. The van der Waals surface area contributed by atoms with Crippen molar-refractivity contribution in [3.63, 3.8) is 0 Å². The van der Waals surface area contributed by atoms with Crippen LogP contribution in [0.1, 0.15) is 24.4 Å². The fourth-order valence-corrected chi connectivity index (χ4v) is 2.33. The van der Waals surface area contributed by atoms with E-state index in [9.17, 15) is 9.18 Å². The van der Waals surface area contributed by atoms with E-state index < -0.39 is 0 Å². The molecule has 1 aromatic carbocycles. The van der Waals surface area contributed by atoms with Crippen molar-refractivity contribution < 1.29 is 9.18 Å². The molecule has 1 aromatic heterocycles. The molecule has 2 aromatic rings. The van der Waals surface area contributed by atoms with Gasteiger partial charge in [0.2, 0.25) is 0 Å². The first kappa shape index (κ1) is 16.8. The van der Waals surface area contributed by atoms with Crippen LogP contribution in [0.25, 0.3) is 0 Å². The number of hydrogen-bond acceptors (Lipinski definition) is 3. The fraction of sp³-hybridized carbons (Fsp3) is 0.375. The molecule has 0 bridgehead atoms. The Morgan fingerprint density at radius 3 is 2.74 bits per heavy atom. The van der Waals surface area contributed by atoms with Gasteiger partial charge in [-0.3, -0.25) is 0 Å². The van der Waals surface area contributed by atoms with Gasteiger partial charge in [-0.25, -0.2) is 14.2 Å². The quantitative estimate of drug-likeness (QED) is 0.890. The molecule has 2 rings (SSSR count). The van der Waals surface area contributed by atoms with Gasteiger partial charge in [0.25, 0.3) is 0 Å². The Kier molecular flexibility index (Phi) is 5.20. The van der Waals surface area contributed by atoms with E-state index in [2.05, 4.69) is 15.3 Å². The normalized spacial score (nSPS) is 11.9. The minimum atomic E-state index is -0.324. The third-order valence-electron chi connectivity index (χ3n) is 3.57. The number of urea groups is 1. The van der Waals surface area contributed by atoms with E-state index >= 15 is 0 Å². The number of anilines is 1. The van der Waals surface area contributed by atoms with Crippen LogP contribution in [0.15, 0.2) is 30.6 Å². The molecule has 0 aliphatic rings. The zero-order valence-electron chi connectivity index (χ0n) is 13.8. The van der Waals surface area contributed by atoms with Gasteiger partial charge >= 0.3 is 6.03 Å². The van der Waals surface area contributed by atoms with Crippen molar-refractivity contribution in [3.8, 4) is 0 Å². The number of aromatic amines is 1. The van der Waals surface area contributed by atoms with Crippen molar-refractivity contribution in [1.82, 2.24) is 20.2 Å². The van der Waals surface area contributed by atoms with Crippen LogP contribution in [-0.2, 0) is 6.54 Å². The van der Waals surface area contributed by atoms with Gasteiger partial charge in [0.1, 0.15) is 11.6 Å². The Labute approximate surface area is 135 Å². The summed E-state index contributed by atoms with van der Waals surface area (Å²) in [7, 11) is 5.45. The maximum Gasteiger partial charge on any atom is 0.318 e. The number of aromatic nitrogens is 2. The summed E-state index contributed by atoms with van der Waals surface area (Å²) >= 11 is 0. The van der Waals surface area contributed by atoms with Crippen LogP contribution in [-0.4, -0.2) is 42.0 Å². The molecule has 6 nitrogen and oxygen atoms in total. The molecule has 23 heavy (non-hydrogen) atoms. The number of nitrogens with one attached hydrogen (secondary N) is 2. The summed E-state index contributed by atoms with van der Waals surface area (Å²) in [6.45, 7) is 2.20. The molecule has 7 heteroatoms. The smallest absolute Gasteiger partial charge is 0.318 e. The lowest BCUT2D eigenvalue weighted by atomic mass is 10.1. The van der Waals surface area contributed by atoms with Crippen LogP contribution < -0.4 is 10.2 Å². The Hall–Kier alpha value is -2.57. The van der Waals surface area contributed by atoms with Crippen molar-refractivity contribution in [2.45, 2.75) is 19.5 Å². The summed E-state index contributed by atoms with van der Waals surface area (Å²) in [5, 5.41) is 2.88. The molecular formula is C16H22FN5O. The molecule has 0 fully saturated rings. The van der Waals surface area contributed by atoms with Crippen molar-refractivity contribution in [2.75, 3.05) is 26.0 Å². The van der Waals surface area contributed by atoms with E-state index in [0.717, 1.165) is 11.3 Å². The average molecular weight is 319 g/mol. The lowest BCUT2D eigenvalue weighted by Crippen LogP contribution is -2.38. The fourth-order valence-electron chi connectivity index (χ4n) is 2.33. The maximum atomic E-state index is 13.6. The highest BCUT2D eigenvalue weighted by atomic mass is 19.1. The van der Waals surface area contributed by atoms with Crippen molar-refractivity contribution in [2.24, 2.45) is 0 Å². The van der Waals surface area contributed by atoms with Gasteiger partial charge in [0, 0.05) is 44.8 Å². The highest BCUT2D eigenvalue weighted by Gasteiger charge is 2.18. The second-order valence-electron chi connectivity index (χ2n) is 5.66. The van der Waals surface area contributed by atoms with Gasteiger partial charge in [-0.1, -0.05) is 0 Å². The lowest BCUT2D eigenvalue weighted by molar-refractivity contribution is 0.202. The predicted octanol–water partition coefficient (Wildman–Crippen LogP) is 2.52. The lowest BCUT2D eigenvalue weighted by Gasteiger charge is -2.25. The molecule has 0 saturated carbocycles. The molecule has 0 aliphatic heterocycles. The van der Waals surface area contributed by atoms with E-state index in [1.807, 2.05) is 25.9 Å². The summed E-state index contributed by atoms with van der Waals surface area (Å²) in [6.07, 6.45) is 3.35. The number of halogens is 1. The zero-order chi connectivity index (χ0) is 17.0. The molecule has 1 unspecified atom stereocenters. The van der Waals surface area contributed by atoms with Crippen LogP contribution in [0.5, 0.6) is 0 Å². The van der Waals surface area contributed by atoms with E-state index in [1.165, 1.54) is 17.0 Å². The Bertz CT molecular complexity index is 656. The van der Waals surface area contributed by atoms with Crippen molar-refractivity contribution >= 4 is 11.7 Å². The highest BCUT2D eigenvalue weighted by Crippen LogP contribution is 2.26. The second kappa shape index (κ2) is 7.13. The van der Waals surface area contributed by atoms with Gasteiger partial charge in [-0.05, 0) is 25.1 Å². The van der Waals surface area contributed by atoms with Crippen molar-refractivity contribution in [1.29, 1.82) is 0 Å². The summed E-state index contributed by atoms with van der Waals surface area (Å²) < 4.78 is 13.6. The average Bonchev–Trinajstić information content (AvgIpc) is 2.99. The number of nitrogens with zero attached hydrogens (tertiary/aromatic N) is 3. The molecule has 1 heterocycles. The zero-order valence-corrected chi connectivity index (χ0v) is 13.8. The second-order valence-corrected chi connectivity index (χ2v) is 5.66. The Morgan fingerprint density at radius 2 is 2.13 bits per heavy atom. The first-order valence-corrected chi connectivity index (χ1v) is 7.35. The molecule has 124 valence electrons. The van der Waals surface area contributed by atoms with E-state index in [1.54, 1.807) is 25.5 Å². The molecular weight excluding hydrogens is 297 g/mol. The maximum absolute atomic E-state index is 13.6.